The number of benzene rings is 2. The Morgan fingerprint density at radius 3 is 2.46 bits per heavy atom. The van der Waals surface area contributed by atoms with Gasteiger partial charge >= 0.3 is 0 Å². The number of aliphatic hydroxyl groups excluding tert-OH is 1. The number of rotatable bonds is 7. The van der Waals surface area contributed by atoms with Gasteiger partial charge in [0.2, 0.25) is 0 Å². The van der Waals surface area contributed by atoms with Crippen molar-refractivity contribution in [2.45, 2.75) is 38.8 Å². The van der Waals surface area contributed by atoms with Crippen molar-refractivity contribution < 1.29 is 9.90 Å². The second-order valence-electron chi connectivity index (χ2n) is 10.7. The maximum absolute atomic E-state index is 14.4. The summed E-state index contributed by atoms with van der Waals surface area (Å²) in [4.78, 5) is 28.3. The fourth-order valence-corrected chi connectivity index (χ4v) is 5.27. The van der Waals surface area contributed by atoms with Crippen molar-refractivity contribution in [3.8, 4) is 17.1 Å². The number of halogens is 1. The zero-order valence-electron chi connectivity index (χ0n) is 21.8. The van der Waals surface area contributed by atoms with Crippen LogP contribution in [0.4, 0.5) is 0 Å². The van der Waals surface area contributed by atoms with Crippen molar-refractivity contribution in [1.29, 1.82) is 5.41 Å². The molecule has 0 saturated carbocycles. The van der Waals surface area contributed by atoms with Crippen LogP contribution in [0.2, 0.25) is 5.02 Å². The molecule has 3 N–H and O–H groups in total. The molecule has 3 heterocycles. The minimum Gasteiger partial charge on any atom is -0.394 e. The molecule has 0 unspecified atom stereocenters. The number of hydrogen-bond acceptors (Lipinski definition) is 7. The van der Waals surface area contributed by atoms with E-state index in [1.807, 2.05) is 24.3 Å². The van der Waals surface area contributed by atoms with E-state index in [1.54, 1.807) is 36.7 Å². The molecule has 1 aliphatic rings. The number of carbonyl (C=O) groups excluding carboxylic acids is 1. The highest BCUT2D eigenvalue weighted by Crippen LogP contribution is 2.42. The SMILES string of the molecule is CC(C)(C)C[C@]1(c2ccc(-c3ncccn3)cc2)NC(=N)N([C@H](CO)c2ccc(Cl)c(-n3cncn3)c2)C1=O. The third-order valence-corrected chi connectivity index (χ3v) is 6.98. The molecule has 1 fully saturated rings. The maximum atomic E-state index is 14.4. The quantitative estimate of drug-likeness (QED) is 0.319. The van der Waals surface area contributed by atoms with Crippen molar-refractivity contribution >= 4 is 23.5 Å². The highest BCUT2D eigenvalue weighted by atomic mass is 35.5. The lowest BCUT2D eigenvalue weighted by molar-refractivity contribution is -0.134. The minimum absolute atomic E-state index is 0.0870. The predicted octanol–water partition coefficient (Wildman–Crippen LogP) is 4.11. The molecular formula is C28H29ClN8O2. The number of carbonyl (C=O) groups is 1. The highest BCUT2D eigenvalue weighted by Gasteiger charge is 2.54. The van der Waals surface area contributed by atoms with Gasteiger partial charge in [-0.15, -0.1) is 0 Å². The molecule has 0 spiro atoms. The van der Waals surface area contributed by atoms with E-state index in [1.165, 1.54) is 22.2 Å². The van der Waals surface area contributed by atoms with E-state index in [4.69, 9.17) is 17.0 Å². The molecule has 4 aromatic rings. The van der Waals surface area contributed by atoms with E-state index in [-0.39, 0.29) is 17.3 Å². The lowest BCUT2D eigenvalue weighted by Crippen LogP contribution is -2.47. The van der Waals surface area contributed by atoms with Gasteiger partial charge in [0.15, 0.2) is 11.8 Å². The Kier molecular flexibility index (Phi) is 6.92. The molecule has 1 saturated heterocycles. The van der Waals surface area contributed by atoms with E-state index in [2.05, 4.69) is 46.1 Å². The molecule has 0 radical (unpaired) electrons. The van der Waals surface area contributed by atoms with Crippen LogP contribution in [-0.4, -0.2) is 53.2 Å². The average molecular weight is 545 g/mol. The van der Waals surface area contributed by atoms with Crippen LogP contribution in [0.25, 0.3) is 17.1 Å². The fraction of sp³-hybridized carbons (Fsp3) is 0.286. The molecule has 2 atom stereocenters. The second-order valence-corrected chi connectivity index (χ2v) is 11.1. The van der Waals surface area contributed by atoms with Gasteiger partial charge in [-0.3, -0.25) is 15.1 Å². The van der Waals surface area contributed by atoms with Gasteiger partial charge in [-0.05, 0) is 41.2 Å². The third kappa shape index (κ3) is 5.00. The molecule has 10 nitrogen and oxygen atoms in total. The predicted molar refractivity (Wildman–Crippen MR) is 147 cm³/mol. The fourth-order valence-electron chi connectivity index (χ4n) is 5.07. The second kappa shape index (κ2) is 10.2. The van der Waals surface area contributed by atoms with E-state index >= 15 is 0 Å². The molecule has 200 valence electrons. The largest absolute Gasteiger partial charge is 0.394 e. The van der Waals surface area contributed by atoms with E-state index in [0.717, 1.165) is 5.56 Å². The molecule has 1 amide bonds. The summed E-state index contributed by atoms with van der Waals surface area (Å²) < 4.78 is 1.51. The van der Waals surface area contributed by atoms with Crippen LogP contribution in [0.3, 0.4) is 0 Å². The van der Waals surface area contributed by atoms with Crippen molar-refractivity contribution in [2.75, 3.05) is 6.61 Å². The van der Waals surface area contributed by atoms with Crippen LogP contribution in [0.5, 0.6) is 0 Å². The normalized spacial score (nSPS) is 18.3. The molecule has 39 heavy (non-hydrogen) atoms. The van der Waals surface area contributed by atoms with Crippen molar-refractivity contribution in [2.24, 2.45) is 5.41 Å². The molecule has 0 bridgehead atoms. The number of nitrogens with zero attached hydrogens (tertiary/aromatic N) is 6. The van der Waals surface area contributed by atoms with Gasteiger partial charge in [-0.1, -0.05) is 62.7 Å². The monoisotopic (exact) mass is 544 g/mol. The minimum atomic E-state index is -1.21. The Morgan fingerprint density at radius 1 is 1.13 bits per heavy atom. The first-order chi connectivity index (χ1) is 18.6. The molecule has 2 aromatic heterocycles. The maximum Gasteiger partial charge on any atom is 0.260 e. The summed E-state index contributed by atoms with van der Waals surface area (Å²) in [6.45, 7) is 5.75. The average Bonchev–Trinajstić information content (AvgIpc) is 3.53. The van der Waals surface area contributed by atoms with E-state index in [9.17, 15) is 9.90 Å². The summed E-state index contributed by atoms with van der Waals surface area (Å²) in [5.74, 6) is 0.179. The van der Waals surface area contributed by atoms with Gasteiger partial charge in [0.1, 0.15) is 18.2 Å². The Balaban J connectivity index is 1.55. The zero-order chi connectivity index (χ0) is 27.8. The van der Waals surface area contributed by atoms with Gasteiger partial charge in [-0.25, -0.2) is 19.6 Å². The summed E-state index contributed by atoms with van der Waals surface area (Å²) in [5.41, 5.74) is 1.21. The van der Waals surface area contributed by atoms with Crippen LogP contribution in [0, 0.1) is 10.8 Å². The van der Waals surface area contributed by atoms with Crippen LogP contribution in [0.1, 0.15) is 44.4 Å². The van der Waals surface area contributed by atoms with E-state index in [0.29, 0.717) is 34.1 Å². The first-order valence-electron chi connectivity index (χ1n) is 12.5. The van der Waals surface area contributed by atoms with Gasteiger partial charge in [0.25, 0.3) is 5.91 Å². The van der Waals surface area contributed by atoms with Crippen LogP contribution < -0.4 is 5.32 Å². The van der Waals surface area contributed by atoms with Gasteiger partial charge in [-0.2, -0.15) is 5.10 Å². The first-order valence-corrected chi connectivity index (χ1v) is 12.8. The molecular weight excluding hydrogens is 516 g/mol. The first kappa shape index (κ1) is 26.5. The molecule has 2 aromatic carbocycles. The van der Waals surface area contributed by atoms with Crippen molar-refractivity contribution in [3.05, 3.63) is 89.7 Å². The summed E-state index contributed by atoms with van der Waals surface area (Å²) in [7, 11) is 0. The Labute approximate surface area is 231 Å². The molecule has 11 heteroatoms. The topological polar surface area (TPSA) is 133 Å². The lowest BCUT2D eigenvalue weighted by Gasteiger charge is -2.35. The van der Waals surface area contributed by atoms with Gasteiger partial charge in [0, 0.05) is 18.0 Å². The summed E-state index contributed by atoms with van der Waals surface area (Å²) >= 11 is 6.41. The van der Waals surface area contributed by atoms with Crippen molar-refractivity contribution in [1.82, 2.24) is 34.9 Å². The van der Waals surface area contributed by atoms with Gasteiger partial charge < -0.3 is 10.4 Å². The molecule has 1 aliphatic heterocycles. The number of guanidine groups is 1. The lowest BCUT2D eigenvalue weighted by atomic mass is 9.75. The summed E-state index contributed by atoms with van der Waals surface area (Å²) in [6.07, 6.45) is 6.69. The third-order valence-electron chi connectivity index (χ3n) is 6.66. The Bertz CT molecular complexity index is 1490. The Morgan fingerprint density at radius 2 is 1.85 bits per heavy atom. The van der Waals surface area contributed by atoms with E-state index < -0.39 is 18.2 Å². The summed E-state index contributed by atoms with van der Waals surface area (Å²) in [5, 5.41) is 27.1. The number of aliphatic hydroxyl groups is 1. The highest BCUT2D eigenvalue weighted by molar-refractivity contribution is 6.32. The Hall–Kier alpha value is -4.15. The van der Waals surface area contributed by atoms with Crippen LogP contribution >= 0.6 is 11.6 Å². The smallest absolute Gasteiger partial charge is 0.260 e. The molecule has 0 aliphatic carbocycles. The number of amides is 1. The number of hydrogen-bond donors (Lipinski definition) is 3. The number of nitrogens with one attached hydrogen (secondary N) is 2. The zero-order valence-corrected chi connectivity index (χ0v) is 22.6. The number of aromatic nitrogens is 5. The molecule has 5 rings (SSSR count). The standard InChI is InChI=1S/C28H29ClN8O2/c1-27(2,3)15-28(20-8-5-18(6-9-20)24-32-11-4-12-33-24)25(39)37(26(30)35-28)23(14-38)19-7-10-21(29)22(13-19)36-17-31-16-34-36/h4-13,16-17,23,38H,14-15H2,1-3H3,(H2,30,35)/t23-,28-/m1/s1. The van der Waals surface area contributed by atoms with Crippen LogP contribution in [0.15, 0.2) is 73.6 Å². The summed E-state index contributed by atoms with van der Waals surface area (Å²) in [6, 6.07) is 13.6. The van der Waals surface area contributed by atoms with Crippen molar-refractivity contribution in [3.63, 3.8) is 0 Å². The van der Waals surface area contributed by atoms with Crippen LogP contribution in [-0.2, 0) is 10.3 Å². The van der Waals surface area contributed by atoms with Gasteiger partial charge in [0.05, 0.1) is 23.4 Å².